The highest BCUT2D eigenvalue weighted by atomic mass is 16.6. The van der Waals surface area contributed by atoms with Crippen molar-refractivity contribution in [3.63, 3.8) is 0 Å². The van der Waals surface area contributed by atoms with Gasteiger partial charge in [0.05, 0.1) is 19.2 Å². The van der Waals surface area contributed by atoms with Gasteiger partial charge in [-0.15, -0.1) is 0 Å². The molecule has 0 saturated carbocycles. The molecule has 1 amide bonds. The number of alkyl carbamates (subject to hydrolysis) is 1. The van der Waals surface area contributed by atoms with E-state index < -0.39 is 23.8 Å². The summed E-state index contributed by atoms with van der Waals surface area (Å²) in [5.41, 5.74) is 0.162. The minimum absolute atomic E-state index is 0.425. The predicted octanol–water partition coefficient (Wildman–Crippen LogP) is 2.91. The lowest BCUT2D eigenvalue weighted by molar-refractivity contribution is 0.0507. The van der Waals surface area contributed by atoms with Gasteiger partial charge in [0.25, 0.3) is 0 Å². The lowest BCUT2D eigenvalue weighted by Gasteiger charge is -2.24. The van der Waals surface area contributed by atoms with E-state index in [4.69, 9.17) is 9.47 Å². The Morgan fingerprint density at radius 1 is 1.36 bits per heavy atom. The van der Waals surface area contributed by atoms with E-state index in [1.54, 1.807) is 40.9 Å². The maximum atomic E-state index is 11.8. The van der Waals surface area contributed by atoms with Gasteiger partial charge in [-0.3, -0.25) is 0 Å². The van der Waals surface area contributed by atoms with E-state index in [0.717, 1.165) is 5.69 Å². The molecule has 0 aliphatic carbocycles. The molecule has 0 heterocycles. The quantitative estimate of drug-likeness (QED) is 0.874. The SMILES string of the molecule is COc1cccc(NC(C#N)C(C)NC(=O)OC(C)(C)C)c1. The van der Waals surface area contributed by atoms with Crippen LogP contribution in [-0.4, -0.2) is 30.9 Å². The van der Waals surface area contributed by atoms with Crippen molar-refractivity contribution in [1.29, 1.82) is 5.26 Å². The summed E-state index contributed by atoms with van der Waals surface area (Å²) in [6.45, 7) is 7.10. The van der Waals surface area contributed by atoms with Crippen LogP contribution >= 0.6 is 0 Å². The van der Waals surface area contributed by atoms with Gasteiger partial charge in [0.15, 0.2) is 0 Å². The monoisotopic (exact) mass is 305 g/mol. The standard InChI is InChI=1S/C16H23N3O3/c1-11(18-15(20)22-16(2,3)4)14(10-17)19-12-7-6-8-13(9-12)21-5/h6-9,11,14,19H,1-5H3,(H,18,20). The minimum Gasteiger partial charge on any atom is -0.497 e. The number of nitrogens with zero attached hydrogens (tertiary/aromatic N) is 1. The maximum Gasteiger partial charge on any atom is 0.407 e. The zero-order valence-electron chi connectivity index (χ0n) is 13.6. The van der Waals surface area contributed by atoms with Gasteiger partial charge in [0.2, 0.25) is 0 Å². The Hall–Kier alpha value is -2.42. The van der Waals surface area contributed by atoms with Crippen LogP contribution in [0.15, 0.2) is 24.3 Å². The first-order valence-electron chi connectivity index (χ1n) is 7.05. The summed E-state index contributed by atoms with van der Waals surface area (Å²) in [4.78, 5) is 11.8. The molecule has 1 aromatic rings. The van der Waals surface area contributed by atoms with Gasteiger partial charge in [-0.2, -0.15) is 5.26 Å². The largest absolute Gasteiger partial charge is 0.497 e. The van der Waals surface area contributed by atoms with E-state index in [1.165, 1.54) is 0 Å². The van der Waals surface area contributed by atoms with Crippen molar-refractivity contribution in [2.45, 2.75) is 45.4 Å². The minimum atomic E-state index is -0.598. The van der Waals surface area contributed by atoms with E-state index >= 15 is 0 Å². The highest BCUT2D eigenvalue weighted by molar-refractivity contribution is 5.68. The summed E-state index contributed by atoms with van der Waals surface area (Å²) in [7, 11) is 1.58. The molecule has 2 N–H and O–H groups in total. The van der Waals surface area contributed by atoms with Crippen LogP contribution in [0.25, 0.3) is 0 Å². The molecule has 0 saturated heterocycles. The highest BCUT2D eigenvalue weighted by Gasteiger charge is 2.22. The van der Waals surface area contributed by atoms with E-state index in [0.29, 0.717) is 5.75 Å². The molecule has 0 fully saturated rings. The molecule has 2 atom stereocenters. The fourth-order valence-corrected chi connectivity index (χ4v) is 1.74. The van der Waals surface area contributed by atoms with Gasteiger partial charge < -0.3 is 20.1 Å². The maximum absolute atomic E-state index is 11.8. The summed E-state index contributed by atoms with van der Waals surface area (Å²) < 4.78 is 10.3. The molecule has 2 unspecified atom stereocenters. The van der Waals surface area contributed by atoms with Gasteiger partial charge >= 0.3 is 6.09 Å². The van der Waals surface area contributed by atoms with Crippen molar-refractivity contribution in [1.82, 2.24) is 5.32 Å². The van der Waals surface area contributed by atoms with E-state index in [9.17, 15) is 10.1 Å². The number of nitrogens with one attached hydrogen (secondary N) is 2. The van der Waals surface area contributed by atoms with Crippen molar-refractivity contribution in [2.24, 2.45) is 0 Å². The Bertz CT molecular complexity index is 546. The van der Waals surface area contributed by atoms with Crippen LogP contribution in [0.5, 0.6) is 5.75 Å². The van der Waals surface area contributed by atoms with Crippen molar-refractivity contribution in [3.05, 3.63) is 24.3 Å². The predicted molar refractivity (Wildman–Crippen MR) is 84.8 cm³/mol. The molecule has 0 aliphatic heterocycles. The number of carbonyl (C=O) groups excluding carboxylic acids is 1. The Labute approximate surface area is 131 Å². The first kappa shape index (κ1) is 17.6. The second-order valence-electron chi connectivity index (χ2n) is 5.92. The third kappa shape index (κ3) is 5.92. The Morgan fingerprint density at radius 3 is 2.59 bits per heavy atom. The molecule has 0 aromatic heterocycles. The molecule has 0 spiro atoms. The molecule has 6 heteroatoms. The van der Waals surface area contributed by atoms with Crippen molar-refractivity contribution in [3.8, 4) is 11.8 Å². The number of rotatable bonds is 5. The molecule has 0 radical (unpaired) electrons. The van der Waals surface area contributed by atoms with Crippen LogP contribution in [0.4, 0.5) is 10.5 Å². The van der Waals surface area contributed by atoms with Crippen molar-refractivity contribution < 1.29 is 14.3 Å². The van der Waals surface area contributed by atoms with Crippen LogP contribution in [0.3, 0.4) is 0 Å². The van der Waals surface area contributed by atoms with E-state index in [1.807, 2.05) is 18.2 Å². The number of methoxy groups -OCH3 is 1. The lowest BCUT2D eigenvalue weighted by Crippen LogP contribution is -2.46. The second-order valence-corrected chi connectivity index (χ2v) is 5.92. The molecule has 0 bridgehead atoms. The molecule has 6 nitrogen and oxygen atoms in total. The zero-order chi connectivity index (χ0) is 16.8. The summed E-state index contributed by atoms with van der Waals surface area (Å²) in [5.74, 6) is 0.689. The van der Waals surface area contributed by atoms with Crippen LogP contribution in [0.1, 0.15) is 27.7 Å². The normalized spacial score (nSPS) is 13.5. The number of hydrogen-bond acceptors (Lipinski definition) is 5. The average molecular weight is 305 g/mol. The summed E-state index contributed by atoms with van der Waals surface area (Å²) in [6.07, 6.45) is -0.548. The molecule has 1 aromatic carbocycles. The summed E-state index contributed by atoms with van der Waals surface area (Å²) in [6, 6.07) is 8.36. The molecule has 1 rings (SSSR count). The van der Waals surface area contributed by atoms with Crippen LogP contribution in [0.2, 0.25) is 0 Å². The van der Waals surface area contributed by atoms with E-state index in [2.05, 4.69) is 16.7 Å². The zero-order valence-corrected chi connectivity index (χ0v) is 13.6. The topological polar surface area (TPSA) is 83.4 Å². The molecular weight excluding hydrogens is 282 g/mol. The van der Waals surface area contributed by atoms with Gasteiger partial charge in [0, 0.05) is 11.8 Å². The van der Waals surface area contributed by atoms with Crippen LogP contribution < -0.4 is 15.4 Å². The number of hydrogen-bond donors (Lipinski definition) is 2. The van der Waals surface area contributed by atoms with Gasteiger partial charge in [0.1, 0.15) is 17.4 Å². The fourth-order valence-electron chi connectivity index (χ4n) is 1.74. The first-order chi connectivity index (χ1) is 10.2. The number of ether oxygens (including phenoxy) is 2. The molecule has 22 heavy (non-hydrogen) atoms. The summed E-state index contributed by atoms with van der Waals surface area (Å²) in [5, 5.41) is 15.0. The van der Waals surface area contributed by atoms with E-state index in [-0.39, 0.29) is 0 Å². The number of amides is 1. The number of carbonyl (C=O) groups is 1. The number of nitriles is 1. The fraction of sp³-hybridized carbons (Fsp3) is 0.500. The van der Waals surface area contributed by atoms with Gasteiger partial charge in [-0.1, -0.05) is 6.07 Å². The highest BCUT2D eigenvalue weighted by Crippen LogP contribution is 2.18. The molecule has 120 valence electrons. The first-order valence-corrected chi connectivity index (χ1v) is 7.05. The Balaban J connectivity index is 2.67. The third-order valence-electron chi connectivity index (χ3n) is 2.78. The lowest BCUT2D eigenvalue weighted by atomic mass is 10.1. The number of benzene rings is 1. The summed E-state index contributed by atoms with van der Waals surface area (Å²) >= 11 is 0. The third-order valence-corrected chi connectivity index (χ3v) is 2.78. The van der Waals surface area contributed by atoms with Crippen LogP contribution in [-0.2, 0) is 4.74 Å². The Kier molecular flexibility index (Phi) is 6.05. The van der Waals surface area contributed by atoms with Crippen molar-refractivity contribution in [2.75, 3.05) is 12.4 Å². The smallest absolute Gasteiger partial charge is 0.407 e. The Morgan fingerprint density at radius 2 is 2.05 bits per heavy atom. The number of anilines is 1. The van der Waals surface area contributed by atoms with Gasteiger partial charge in [-0.25, -0.2) is 4.79 Å². The van der Waals surface area contributed by atoms with Crippen LogP contribution in [0, 0.1) is 11.3 Å². The second kappa shape index (κ2) is 7.55. The van der Waals surface area contributed by atoms with Gasteiger partial charge in [-0.05, 0) is 39.8 Å². The molecular formula is C16H23N3O3. The average Bonchev–Trinajstić information content (AvgIpc) is 2.42. The molecule has 0 aliphatic rings. The van der Waals surface area contributed by atoms with Crippen molar-refractivity contribution >= 4 is 11.8 Å².